The van der Waals surface area contributed by atoms with Gasteiger partial charge in [-0.1, -0.05) is 12.1 Å². The average Bonchev–Trinajstić information content (AvgIpc) is 2.61. The Morgan fingerprint density at radius 2 is 2.30 bits per heavy atom. The van der Waals surface area contributed by atoms with E-state index < -0.39 is 0 Å². The standard InChI is InChI=1S/C17H21N3O3/c21-7-9-22-15-3-1-2-14(10-15)12-20-6-8-23-17(13-20)16-11-18-4-5-19-16/h1-5,10-11,17,21H,6-9,12-13H2/t17-/m0/s1. The van der Waals surface area contributed by atoms with Gasteiger partial charge in [-0.15, -0.1) is 0 Å². The van der Waals surface area contributed by atoms with Crippen molar-refractivity contribution in [1.82, 2.24) is 14.9 Å². The monoisotopic (exact) mass is 315 g/mol. The van der Waals surface area contributed by atoms with Crippen LogP contribution in [0, 0.1) is 0 Å². The lowest BCUT2D eigenvalue weighted by molar-refractivity contribution is -0.0351. The molecule has 1 aliphatic rings. The Morgan fingerprint density at radius 1 is 1.35 bits per heavy atom. The van der Waals surface area contributed by atoms with Crippen molar-refractivity contribution in [2.24, 2.45) is 0 Å². The zero-order valence-corrected chi connectivity index (χ0v) is 13.0. The predicted octanol–water partition coefficient (Wildman–Crippen LogP) is 1.42. The predicted molar refractivity (Wildman–Crippen MR) is 85.0 cm³/mol. The largest absolute Gasteiger partial charge is 0.491 e. The Kier molecular flexibility index (Phi) is 5.52. The second kappa shape index (κ2) is 8.01. The van der Waals surface area contributed by atoms with Crippen molar-refractivity contribution in [2.45, 2.75) is 12.6 Å². The molecule has 3 rings (SSSR count). The molecule has 0 amide bonds. The molecule has 1 aromatic carbocycles. The summed E-state index contributed by atoms with van der Waals surface area (Å²) in [6, 6.07) is 7.98. The zero-order valence-electron chi connectivity index (χ0n) is 13.0. The summed E-state index contributed by atoms with van der Waals surface area (Å²) in [6.45, 7) is 3.53. The highest BCUT2D eigenvalue weighted by Gasteiger charge is 2.23. The molecule has 1 aliphatic heterocycles. The third-order valence-electron chi connectivity index (χ3n) is 3.73. The summed E-state index contributed by atoms with van der Waals surface area (Å²) in [5, 5.41) is 8.84. The van der Waals surface area contributed by atoms with Crippen molar-refractivity contribution in [2.75, 3.05) is 32.9 Å². The number of ether oxygens (including phenoxy) is 2. The SMILES string of the molecule is OCCOc1cccc(CN2CCO[C@H](c3cnccn3)C2)c1. The van der Waals surface area contributed by atoms with Crippen LogP contribution in [0.4, 0.5) is 0 Å². The molecule has 1 fully saturated rings. The Labute approximate surface area is 135 Å². The third-order valence-corrected chi connectivity index (χ3v) is 3.73. The molecule has 1 saturated heterocycles. The molecule has 0 spiro atoms. The van der Waals surface area contributed by atoms with Crippen LogP contribution in [0.3, 0.4) is 0 Å². The molecule has 0 unspecified atom stereocenters. The molecule has 6 heteroatoms. The van der Waals surface area contributed by atoms with Gasteiger partial charge in [0.1, 0.15) is 18.5 Å². The van der Waals surface area contributed by atoms with Crippen LogP contribution in [0.2, 0.25) is 0 Å². The highest BCUT2D eigenvalue weighted by molar-refractivity contribution is 5.28. The fraction of sp³-hybridized carbons (Fsp3) is 0.412. The zero-order chi connectivity index (χ0) is 15.9. The highest BCUT2D eigenvalue weighted by Crippen LogP contribution is 2.22. The van der Waals surface area contributed by atoms with E-state index in [1.165, 1.54) is 5.56 Å². The smallest absolute Gasteiger partial charge is 0.119 e. The van der Waals surface area contributed by atoms with Gasteiger partial charge in [-0.25, -0.2) is 0 Å². The number of morpholine rings is 1. The summed E-state index contributed by atoms with van der Waals surface area (Å²) in [7, 11) is 0. The molecule has 0 bridgehead atoms. The minimum absolute atomic E-state index is 0.0213. The summed E-state index contributed by atoms with van der Waals surface area (Å²) in [5.41, 5.74) is 2.05. The third kappa shape index (κ3) is 4.48. The van der Waals surface area contributed by atoms with Crippen LogP contribution in [0.5, 0.6) is 5.75 Å². The van der Waals surface area contributed by atoms with E-state index in [1.54, 1.807) is 18.6 Å². The van der Waals surface area contributed by atoms with E-state index in [0.29, 0.717) is 13.2 Å². The van der Waals surface area contributed by atoms with Crippen LogP contribution in [-0.2, 0) is 11.3 Å². The Hall–Kier alpha value is -2.02. The maximum atomic E-state index is 8.84. The van der Waals surface area contributed by atoms with Crippen LogP contribution in [0.15, 0.2) is 42.9 Å². The van der Waals surface area contributed by atoms with Crippen LogP contribution in [0.25, 0.3) is 0 Å². The Morgan fingerprint density at radius 3 is 3.13 bits per heavy atom. The lowest BCUT2D eigenvalue weighted by Gasteiger charge is -2.32. The number of aromatic nitrogens is 2. The van der Waals surface area contributed by atoms with Crippen LogP contribution in [0.1, 0.15) is 17.4 Å². The average molecular weight is 315 g/mol. The number of nitrogens with zero attached hydrogens (tertiary/aromatic N) is 3. The summed E-state index contributed by atoms with van der Waals surface area (Å²) in [5.74, 6) is 0.787. The molecule has 0 saturated carbocycles. The normalized spacial score (nSPS) is 18.7. The summed E-state index contributed by atoms with van der Waals surface area (Å²) < 4.78 is 11.3. The topological polar surface area (TPSA) is 67.7 Å². The van der Waals surface area contributed by atoms with E-state index in [4.69, 9.17) is 14.6 Å². The van der Waals surface area contributed by atoms with Crippen LogP contribution < -0.4 is 4.74 Å². The number of benzene rings is 1. The van der Waals surface area contributed by atoms with Gasteiger partial charge >= 0.3 is 0 Å². The first kappa shape index (κ1) is 15.9. The number of aliphatic hydroxyl groups is 1. The van der Waals surface area contributed by atoms with Gasteiger partial charge in [0.15, 0.2) is 0 Å². The molecule has 122 valence electrons. The minimum Gasteiger partial charge on any atom is -0.491 e. The molecular formula is C17H21N3O3. The van der Waals surface area contributed by atoms with Crippen molar-refractivity contribution >= 4 is 0 Å². The van der Waals surface area contributed by atoms with E-state index in [9.17, 15) is 0 Å². The number of aliphatic hydroxyl groups excluding tert-OH is 1. The number of hydrogen-bond acceptors (Lipinski definition) is 6. The molecule has 1 atom stereocenters. The van der Waals surface area contributed by atoms with Crippen molar-refractivity contribution in [1.29, 1.82) is 0 Å². The Bertz CT molecular complexity index is 609. The molecule has 1 N–H and O–H groups in total. The van der Waals surface area contributed by atoms with E-state index in [-0.39, 0.29) is 12.7 Å². The first-order valence-electron chi connectivity index (χ1n) is 7.77. The van der Waals surface area contributed by atoms with Gasteiger partial charge in [-0.3, -0.25) is 14.9 Å². The highest BCUT2D eigenvalue weighted by atomic mass is 16.5. The lowest BCUT2D eigenvalue weighted by atomic mass is 10.1. The van der Waals surface area contributed by atoms with E-state index in [1.807, 2.05) is 18.2 Å². The molecule has 6 nitrogen and oxygen atoms in total. The number of rotatable bonds is 6. The minimum atomic E-state index is -0.0359. The van der Waals surface area contributed by atoms with Crippen LogP contribution >= 0.6 is 0 Å². The summed E-state index contributed by atoms with van der Waals surface area (Å²) >= 11 is 0. The molecule has 1 aromatic heterocycles. The second-order valence-corrected chi connectivity index (χ2v) is 5.44. The molecule has 2 aromatic rings. The maximum Gasteiger partial charge on any atom is 0.119 e. The molecule has 0 radical (unpaired) electrons. The summed E-state index contributed by atoms with van der Waals surface area (Å²) in [4.78, 5) is 10.8. The van der Waals surface area contributed by atoms with Crippen molar-refractivity contribution in [3.05, 3.63) is 54.1 Å². The quantitative estimate of drug-likeness (QED) is 0.869. The van der Waals surface area contributed by atoms with Gasteiger partial charge in [0.2, 0.25) is 0 Å². The van der Waals surface area contributed by atoms with E-state index in [2.05, 4.69) is 20.9 Å². The molecule has 2 heterocycles. The van der Waals surface area contributed by atoms with E-state index in [0.717, 1.165) is 31.1 Å². The lowest BCUT2D eigenvalue weighted by Crippen LogP contribution is -2.38. The van der Waals surface area contributed by atoms with Gasteiger partial charge in [0.25, 0.3) is 0 Å². The first-order chi connectivity index (χ1) is 11.3. The Balaban J connectivity index is 1.61. The van der Waals surface area contributed by atoms with Gasteiger partial charge in [-0.2, -0.15) is 0 Å². The van der Waals surface area contributed by atoms with Crippen molar-refractivity contribution in [3.8, 4) is 5.75 Å². The summed E-state index contributed by atoms with van der Waals surface area (Å²) in [6.07, 6.45) is 5.09. The van der Waals surface area contributed by atoms with Gasteiger partial charge in [0, 0.05) is 32.0 Å². The van der Waals surface area contributed by atoms with Crippen molar-refractivity contribution in [3.63, 3.8) is 0 Å². The number of hydrogen-bond donors (Lipinski definition) is 1. The van der Waals surface area contributed by atoms with Crippen LogP contribution in [-0.4, -0.2) is 52.9 Å². The molecule has 23 heavy (non-hydrogen) atoms. The first-order valence-corrected chi connectivity index (χ1v) is 7.77. The fourth-order valence-corrected chi connectivity index (χ4v) is 2.66. The fourth-order valence-electron chi connectivity index (χ4n) is 2.66. The second-order valence-electron chi connectivity index (χ2n) is 5.44. The van der Waals surface area contributed by atoms with Gasteiger partial charge < -0.3 is 14.6 Å². The van der Waals surface area contributed by atoms with Gasteiger partial charge in [0.05, 0.1) is 25.1 Å². The maximum absolute atomic E-state index is 8.84. The van der Waals surface area contributed by atoms with E-state index >= 15 is 0 Å². The van der Waals surface area contributed by atoms with Gasteiger partial charge in [-0.05, 0) is 17.7 Å². The molecule has 0 aliphatic carbocycles. The molecular weight excluding hydrogens is 294 g/mol. The van der Waals surface area contributed by atoms with Crippen molar-refractivity contribution < 1.29 is 14.6 Å².